The zero-order valence-corrected chi connectivity index (χ0v) is 16.1. The van der Waals surface area contributed by atoms with E-state index >= 15 is 0 Å². The highest BCUT2D eigenvalue weighted by Gasteiger charge is 2.25. The number of hydrogen-bond acceptors (Lipinski definition) is 9. The Morgan fingerprint density at radius 1 is 1.26 bits per heavy atom. The maximum atomic E-state index is 12.4. The first-order chi connectivity index (χ1) is 12.8. The van der Waals surface area contributed by atoms with Crippen molar-refractivity contribution < 1.29 is 8.42 Å². The fraction of sp³-hybridized carbons (Fsp3) is 0.200. The average molecular weight is 411 g/mol. The molecule has 146 valence electrons. The van der Waals surface area contributed by atoms with E-state index in [1.165, 1.54) is 18.0 Å². The van der Waals surface area contributed by atoms with Gasteiger partial charge in [-0.25, -0.2) is 29.9 Å². The lowest BCUT2D eigenvalue weighted by atomic mass is 10.00. The van der Waals surface area contributed by atoms with Gasteiger partial charge in [0.15, 0.2) is 5.84 Å². The Balaban J connectivity index is 2.78. The smallest absolute Gasteiger partial charge is 0.239 e. The second-order valence-electron chi connectivity index (χ2n) is 5.45. The zero-order chi connectivity index (χ0) is 20.0. The van der Waals surface area contributed by atoms with E-state index in [9.17, 15) is 8.42 Å². The lowest BCUT2D eigenvalue weighted by Crippen LogP contribution is -2.27. The van der Waals surface area contributed by atoms with Crippen LogP contribution in [0.15, 0.2) is 45.4 Å². The monoisotopic (exact) mass is 410 g/mol. The molecule has 1 heterocycles. The highest BCUT2D eigenvalue weighted by atomic mass is 32.2. The van der Waals surface area contributed by atoms with Crippen LogP contribution in [0.1, 0.15) is 12.0 Å². The van der Waals surface area contributed by atoms with E-state index in [1.54, 1.807) is 24.3 Å². The topological polar surface area (TPSA) is 202 Å². The molecule has 0 saturated carbocycles. The Bertz CT molecular complexity index is 930. The molecule has 1 aromatic carbocycles. The molecule has 0 aliphatic rings. The van der Waals surface area contributed by atoms with Crippen molar-refractivity contribution in [2.24, 2.45) is 27.6 Å². The number of primary sulfonamides is 1. The van der Waals surface area contributed by atoms with Crippen LogP contribution in [-0.4, -0.2) is 31.5 Å². The number of thioether (sulfide) groups is 1. The van der Waals surface area contributed by atoms with Gasteiger partial charge in [0.1, 0.15) is 10.7 Å². The second-order valence-corrected chi connectivity index (χ2v) is 8.08. The van der Waals surface area contributed by atoms with Crippen LogP contribution in [0, 0.1) is 0 Å². The number of nitrogens with one attached hydrogen (secondary N) is 1. The summed E-state index contributed by atoms with van der Waals surface area (Å²) < 4.78 is 24.8. The minimum atomic E-state index is -4.13. The first kappa shape index (κ1) is 20.9. The Kier molecular flexibility index (Phi) is 6.98. The number of benzene rings is 1. The molecule has 0 saturated heterocycles. The van der Waals surface area contributed by atoms with Crippen LogP contribution in [0.2, 0.25) is 0 Å². The number of anilines is 1. The predicted molar refractivity (Wildman–Crippen MR) is 108 cm³/mol. The van der Waals surface area contributed by atoms with Crippen LogP contribution >= 0.6 is 11.8 Å². The van der Waals surface area contributed by atoms with E-state index in [2.05, 4.69) is 15.6 Å². The van der Waals surface area contributed by atoms with Crippen LogP contribution in [0.3, 0.4) is 0 Å². The number of nitrogens with zero attached hydrogens (tertiary/aromatic N) is 2. The molecule has 0 amide bonds. The molecule has 2 rings (SSSR count). The summed E-state index contributed by atoms with van der Waals surface area (Å²) in [5.74, 6) is 6.04. The number of aromatic nitrogens is 1. The highest BCUT2D eigenvalue weighted by molar-refractivity contribution is 8.00. The van der Waals surface area contributed by atoms with Gasteiger partial charge < -0.3 is 17.2 Å². The number of hydrazone groups is 1. The number of nitrogen functional groups attached to an aromatic ring is 1. The van der Waals surface area contributed by atoms with Crippen LogP contribution in [0.4, 0.5) is 5.82 Å². The average Bonchev–Trinajstić information content (AvgIpc) is 2.61. The molecule has 12 heteroatoms. The molecule has 0 radical (unpaired) electrons. The molecule has 1 aromatic heterocycles. The van der Waals surface area contributed by atoms with E-state index in [1.807, 2.05) is 0 Å². The van der Waals surface area contributed by atoms with Crippen LogP contribution in [0.25, 0.3) is 11.1 Å². The molecular formula is C15H22N8O2S2. The Labute approximate surface area is 161 Å². The number of nitrogens with two attached hydrogens (primary N) is 5. The summed E-state index contributed by atoms with van der Waals surface area (Å²) in [6.45, 7) is 0.487. The van der Waals surface area contributed by atoms with Crippen molar-refractivity contribution in [1.82, 2.24) is 10.5 Å². The van der Waals surface area contributed by atoms with E-state index in [-0.39, 0.29) is 16.3 Å². The lowest BCUT2D eigenvalue weighted by molar-refractivity contribution is 0.595. The van der Waals surface area contributed by atoms with Crippen molar-refractivity contribution in [3.05, 3.63) is 36.0 Å². The quantitative estimate of drug-likeness (QED) is 0.0828. The van der Waals surface area contributed by atoms with Gasteiger partial charge in [0, 0.05) is 22.2 Å². The van der Waals surface area contributed by atoms with Gasteiger partial charge in [-0.1, -0.05) is 6.07 Å². The van der Waals surface area contributed by atoms with Gasteiger partial charge in [-0.05, 0) is 42.5 Å². The summed E-state index contributed by atoms with van der Waals surface area (Å²) in [7, 11) is -4.13. The number of sulfonamides is 1. The Morgan fingerprint density at radius 2 is 2.00 bits per heavy atom. The molecule has 0 fully saturated rings. The van der Waals surface area contributed by atoms with Crippen molar-refractivity contribution in [1.29, 1.82) is 0 Å². The summed E-state index contributed by atoms with van der Waals surface area (Å²) in [5, 5.41) is 9.24. The molecule has 0 aliphatic carbocycles. The molecule has 27 heavy (non-hydrogen) atoms. The number of amidine groups is 1. The molecule has 0 atom stereocenters. The van der Waals surface area contributed by atoms with Crippen LogP contribution in [-0.2, 0) is 10.0 Å². The SMILES string of the molecule is NCCCSc1ccc(-c2ccc(N)nc2)c(/C(N)=N/NN)c1S(N)(=O)=O. The summed E-state index contributed by atoms with van der Waals surface area (Å²) in [4.78, 5) is 4.35. The normalized spacial score (nSPS) is 12.2. The lowest BCUT2D eigenvalue weighted by Gasteiger charge is -2.17. The minimum Gasteiger partial charge on any atom is -0.384 e. The molecular weight excluding hydrogens is 388 g/mol. The van der Waals surface area contributed by atoms with Crippen LogP contribution in [0.5, 0.6) is 0 Å². The molecule has 11 N–H and O–H groups in total. The van der Waals surface area contributed by atoms with Gasteiger partial charge in [0.25, 0.3) is 0 Å². The van der Waals surface area contributed by atoms with Crippen molar-refractivity contribution in [2.45, 2.75) is 16.2 Å². The second kappa shape index (κ2) is 9.01. The highest BCUT2D eigenvalue weighted by Crippen LogP contribution is 2.35. The Morgan fingerprint density at radius 3 is 2.56 bits per heavy atom. The summed E-state index contributed by atoms with van der Waals surface area (Å²) in [6, 6.07) is 6.67. The van der Waals surface area contributed by atoms with Gasteiger partial charge >= 0.3 is 0 Å². The molecule has 0 spiro atoms. The third-order valence-electron chi connectivity index (χ3n) is 3.55. The third-order valence-corrected chi connectivity index (χ3v) is 5.82. The van der Waals surface area contributed by atoms with Gasteiger partial charge in [-0.15, -0.1) is 16.9 Å². The van der Waals surface area contributed by atoms with E-state index in [0.717, 1.165) is 0 Å². The molecule has 10 nitrogen and oxygen atoms in total. The van der Waals surface area contributed by atoms with E-state index in [4.69, 9.17) is 28.2 Å². The standard InChI is InChI=1S/C15H22N8O2S2/c16-6-1-7-26-11-4-3-10(9-2-5-12(17)21-8-9)13(15(18)22-23-19)14(11)27(20,24)25/h2-5,8,23H,1,6-7,16,19H2,(H2,17,21)(H2,18,22)(H2,20,24,25). The molecule has 0 bridgehead atoms. The van der Waals surface area contributed by atoms with Gasteiger partial charge in [0.05, 0.1) is 0 Å². The van der Waals surface area contributed by atoms with Crippen LogP contribution < -0.4 is 33.7 Å². The van der Waals surface area contributed by atoms with Crippen molar-refractivity contribution >= 4 is 33.4 Å². The zero-order valence-electron chi connectivity index (χ0n) is 14.4. The van der Waals surface area contributed by atoms with Gasteiger partial charge in [-0.3, -0.25) is 0 Å². The molecule has 0 aliphatic heterocycles. The molecule has 0 unspecified atom stereocenters. The number of hydrogen-bond donors (Lipinski definition) is 6. The Hall–Kier alpha value is -2.38. The van der Waals surface area contributed by atoms with Crippen molar-refractivity contribution in [3.8, 4) is 11.1 Å². The largest absolute Gasteiger partial charge is 0.384 e. The van der Waals surface area contributed by atoms with Gasteiger partial charge in [0.2, 0.25) is 10.0 Å². The van der Waals surface area contributed by atoms with Crippen molar-refractivity contribution in [3.63, 3.8) is 0 Å². The predicted octanol–water partition coefficient (Wildman–Crippen LogP) is -0.497. The first-order valence-corrected chi connectivity index (χ1v) is 10.4. The summed E-state index contributed by atoms with van der Waals surface area (Å²) in [6.07, 6.45) is 2.22. The minimum absolute atomic E-state index is 0.129. The number of pyridine rings is 1. The van der Waals surface area contributed by atoms with Crippen molar-refractivity contribution in [2.75, 3.05) is 18.0 Å². The maximum absolute atomic E-state index is 12.4. The molecule has 2 aromatic rings. The third kappa shape index (κ3) is 5.08. The van der Waals surface area contributed by atoms with E-state index < -0.39 is 10.0 Å². The number of rotatable bonds is 8. The summed E-state index contributed by atoms with van der Waals surface area (Å²) >= 11 is 1.32. The summed E-state index contributed by atoms with van der Waals surface area (Å²) in [5.41, 5.74) is 20.4. The van der Waals surface area contributed by atoms with Gasteiger partial charge in [-0.2, -0.15) is 0 Å². The first-order valence-electron chi connectivity index (χ1n) is 7.83. The fourth-order valence-corrected chi connectivity index (χ4v) is 4.71. The van der Waals surface area contributed by atoms with E-state index in [0.29, 0.717) is 40.6 Å². The number of hydrazine groups is 1. The maximum Gasteiger partial charge on any atom is 0.239 e. The fourth-order valence-electron chi connectivity index (χ4n) is 2.41.